The monoisotopic (exact) mass is 328 g/mol. The van der Waals surface area contributed by atoms with Crippen molar-refractivity contribution in [2.45, 2.75) is 26.3 Å². The van der Waals surface area contributed by atoms with Gasteiger partial charge in [-0.25, -0.2) is 4.57 Å². The van der Waals surface area contributed by atoms with Gasteiger partial charge in [-0.05, 0) is 30.1 Å². The van der Waals surface area contributed by atoms with Crippen LogP contribution in [0.15, 0.2) is 12.1 Å². The van der Waals surface area contributed by atoms with Crippen molar-refractivity contribution in [3.63, 3.8) is 0 Å². The van der Waals surface area contributed by atoms with Crippen molar-refractivity contribution in [2.24, 2.45) is 5.73 Å². The van der Waals surface area contributed by atoms with Gasteiger partial charge >= 0.3 is 11.8 Å². The fraction of sp³-hybridized carbons (Fsp3) is 0.417. The lowest BCUT2D eigenvalue weighted by molar-refractivity contribution is -0.392. The third kappa shape index (κ3) is 5.48. The van der Waals surface area contributed by atoms with Crippen LogP contribution in [0.4, 0.5) is 5.82 Å². The van der Waals surface area contributed by atoms with Crippen LogP contribution in [0.3, 0.4) is 0 Å². The zero-order valence-corrected chi connectivity index (χ0v) is 12.7. The molecule has 0 aliphatic carbocycles. The number of aromatic nitrogens is 1. The van der Waals surface area contributed by atoms with E-state index in [1.165, 1.54) is 10.6 Å². The summed E-state index contributed by atoms with van der Waals surface area (Å²) in [5.74, 6) is -1.11. The molecule has 0 aromatic carbocycles. The molecule has 0 fully saturated rings. The fourth-order valence-corrected chi connectivity index (χ4v) is 1.86. The molecule has 10 heteroatoms. The van der Waals surface area contributed by atoms with Gasteiger partial charge in [0.1, 0.15) is 18.8 Å². The smallest absolute Gasteiger partial charge is 0.323 e. The molecule has 0 radical (unpaired) electrons. The average molecular weight is 328 g/mol. The van der Waals surface area contributed by atoms with Crippen LogP contribution in [0.25, 0.3) is 0 Å². The van der Waals surface area contributed by atoms with E-state index < -0.39 is 16.8 Å². The van der Waals surface area contributed by atoms with E-state index in [0.29, 0.717) is 5.69 Å². The SMILES string of the molecule is Cc1ccc([N+](=O)[O-])n1CCOC(=O)CCC(=O)NC(N)=S. The molecular weight excluding hydrogens is 312 g/mol. The van der Waals surface area contributed by atoms with Crippen LogP contribution in [-0.2, 0) is 20.9 Å². The second-order valence-electron chi connectivity index (χ2n) is 4.37. The average Bonchev–Trinajstić information content (AvgIpc) is 2.77. The Morgan fingerprint density at radius 3 is 2.73 bits per heavy atom. The number of nitrogens with one attached hydrogen (secondary N) is 1. The minimum Gasteiger partial charge on any atom is -0.461 e. The number of hydrogen-bond donors (Lipinski definition) is 2. The molecule has 0 unspecified atom stereocenters. The van der Waals surface area contributed by atoms with Gasteiger partial charge in [-0.2, -0.15) is 0 Å². The molecule has 120 valence electrons. The summed E-state index contributed by atoms with van der Waals surface area (Å²) in [5.41, 5.74) is 5.81. The van der Waals surface area contributed by atoms with Gasteiger partial charge in [0.15, 0.2) is 5.11 Å². The van der Waals surface area contributed by atoms with E-state index in [1.807, 2.05) is 0 Å². The molecule has 1 aromatic heterocycles. The molecule has 0 atom stereocenters. The van der Waals surface area contributed by atoms with E-state index in [4.69, 9.17) is 10.5 Å². The Balaban J connectivity index is 2.37. The van der Waals surface area contributed by atoms with Gasteiger partial charge in [0.2, 0.25) is 5.91 Å². The number of carbonyl (C=O) groups excluding carboxylic acids is 2. The fourth-order valence-electron chi connectivity index (χ4n) is 1.74. The Morgan fingerprint density at radius 1 is 1.45 bits per heavy atom. The van der Waals surface area contributed by atoms with E-state index >= 15 is 0 Å². The van der Waals surface area contributed by atoms with E-state index in [9.17, 15) is 19.7 Å². The quantitative estimate of drug-likeness (QED) is 0.320. The second kappa shape index (κ2) is 8.08. The number of carbonyl (C=O) groups is 2. The van der Waals surface area contributed by atoms with Crippen molar-refractivity contribution >= 4 is 35.0 Å². The Kier molecular flexibility index (Phi) is 6.45. The Labute approximate surface area is 131 Å². The number of rotatable bonds is 7. The maximum Gasteiger partial charge on any atom is 0.323 e. The van der Waals surface area contributed by atoms with E-state index in [0.717, 1.165) is 0 Å². The Hall–Kier alpha value is -2.49. The number of esters is 1. The largest absolute Gasteiger partial charge is 0.461 e. The molecule has 3 N–H and O–H groups in total. The first-order chi connectivity index (χ1) is 10.3. The zero-order chi connectivity index (χ0) is 16.7. The number of amides is 1. The van der Waals surface area contributed by atoms with Crippen molar-refractivity contribution in [1.29, 1.82) is 0 Å². The number of hydrogen-bond acceptors (Lipinski definition) is 6. The van der Waals surface area contributed by atoms with Crippen LogP contribution in [0.5, 0.6) is 0 Å². The predicted octanol–water partition coefficient (Wildman–Crippen LogP) is 0.388. The maximum absolute atomic E-state index is 11.5. The first-order valence-electron chi connectivity index (χ1n) is 6.36. The molecule has 0 saturated heterocycles. The van der Waals surface area contributed by atoms with Crippen molar-refractivity contribution < 1.29 is 19.2 Å². The number of thiocarbonyl (C=S) groups is 1. The molecule has 0 saturated carbocycles. The molecule has 0 spiro atoms. The molecular formula is C12H16N4O5S. The summed E-state index contributed by atoms with van der Waals surface area (Å²) >= 11 is 4.48. The van der Waals surface area contributed by atoms with Gasteiger partial charge in [-0.15, -0.1) is 0 Å². The van der Waals surface area contributed by atoms with Crippen molar-refractivity contribution in [3.05, 3.63) is 27.9 Å². The van der Waals surface area contributed by atoms with Crippen molar-refractivity contribution in [1.82, 2.24) is 9.88 Å². The zero-order valence-electron chi connectivity index (χ0n) is 11.9. The first kappa shape index (κ1) is 17.6. The van der Waals surface area contributed by atoms with Crippen LogP contribution in [0, 0.1) is 17.0 Å². The minimum absolute atomic E-state index is 0.0217. The number of ether oxygens (including phenoxy) is 1. The number of nitro groups is 1. The summed E-state index contributed by atoms with van der Waals surface area (Å²) in [6.45, 7) is 1.86. The lowest BCUT2D eigenvalue weighted by Gasteiger charge is -2.06. The molecule has 0 aliphatic heterocycles. The highest BCUT2D eigenvalue weighted by atomic mass is 32.1. The van der Waals surface area contributed by atoms with E-state index in [1.54, 1.807) is 13.0 Å². The van der Waals surface area contributed by atoms with Gasteiger partial charge < -0.3 is 25.9 Å². The van der Waals surface area contributed by atoms with Crippen LogP contribution in [-0.4, -0.2) is 33.1 Å². The van der Waals surface area contributed by atoms with Gasteiger partial charge in [-0.3, -0.25) is 9.59 Å². The molecule has 1 rings (SSSR count). The predicted molar refractivity (Wildman–Crippen MR) is 80.9 cm³/mol. The Bertz CT molecular complexity index is 598. The maximum atomic E-state index is 11.5. The topological polar surface area (TPSA) is 129 Å². The van der Waals surface area contributed by atoms with E-state index in [2.05, 4.69) is 17.5 Å². The third-order valence-corrected chi connectivity index (χ3v) is 2.86. The summed E-state index contributed by atoms with van der Waals surface area (Å²) in [6.07, 6.45) is -0.222. The Morgan fingerprint density at radius 2 is 2.14 bits per heavy atom. The minimum atomic E-state index is -0.578. The number of nitrogens with zero attached hydrogens (tertiary/aromatic N) is 2. The highest BCUT2D eigenvalue weighted by Gasteiger charge is 2.16. The molecule has 1 heterocycles. The summed E-state index contributed by atoms with van der Waals surface area (Å²) < 4.78 is 6.37. The molecule has 0 aliphatic rings. The standard InChI is InChI=1S/C12H16N4O5S/c1-8-2-4-10(16(19)20)15(8)6-7-21-11(18)5-3-9(17)14-12(13)22/h2,4H,3,5-7H2,1H3,(H3,13,14,17,22). The van der Waals surface area contributed by atoms with Crippen LogP contribution in [0.2, 0.25) is 0 Å². The lowest BCUT2D eigenvalue weighted by Crippen LogP contribution is -2.34. The summed E-state index contributed by atoms with van der Waals surface area (Å²) in [7, 11) is 0. The summed E-state index contributed by atoms with van der Waals surface area (Å²) in [5, 5.41) is 12.8. The van der Waals surface area contributed by atoms with Gasteiger partial charge in [0, 0.05) is 12.5 Å². The van der Waals surface area contributed by atoms with Crippen molar-refractivity contribution in [2.75, 3.05) is 6.61 Å². The molecule has 0 bridgehead atoms. The van der Waals surface area contributed by atoms with Gasteiger partial charge in [-0.1, -0.05) is 0 Å². The molecule has 1 aromatic rings. The van der Waals surface area contributed by atoms with Crippen molar-refractivity contribution in [3.8, 4) is 0 Å². The third-order valence-electron chi connectivity index (χ3n) is 2.76. The van der Waals surface area contributed by atoms with Gasteiger partial charge in [0.25, 0.3) is 0 Å². The van der Waals surface area contributed by atoms with Crippen LogP contribution >= 0.6 is 12.2 Å². The summed E-state index contributed by atoms with van der Waals surface area (Å²) in [4.78, 5) is 33.0. The second-order valence-corrected chi connectivity index (χ2v) is 4.81. The molecule has 22 heavy (non-hydrogen) atoms. The van der Waals surface area contributed by atoms with Gasteiger partial charge in [0.05, 0.1) is 6.42 Å². The lowest BCUT2D eigenvalue weighted by atomic mass is 10.3. The number of nitrogens with two attached hydrogens (primary N) is 1. The highest BCUT2D eigenvalue weighted by Crippen LogP contribution is 2.16. The first-order valence-corrected chi connectivity index (χ1v) is 6.77. The van der Waals surface area contributed by atoms with Crippen LogP contribution in [0.1, 0.15) is 18.5 Å². The molecule has 1 amide bonds. The number of aryl methyl sites for hydroxylation is 1. The normalized spacial score (nSPS) is 10.0. The van der Waals surface area contributed by atoms with Crippen LogP contribution < -0.4 is 11.1 Å². The summed E-state index contributed by atoms with van der Waals surface area (Å²) in [6, 6.07) is 3.00. The highest BCUT2D eigenvalue weighted by molar-refractivity contribution is 7.80. The van der Waals surface area contributed by atoms with E-state index in [-0.39, 0.29) is 36.9 Å². The molecule has 9 nitrogen and oxygen atoms in total.